The lowest BCUT2D eigenvalue weighted by molar-refractivity contribution is -0.114. The number of carbonyl (C=O) groups excluding carboxylic acids is 1. The van der Waals surface area contributed by atoms with Crippen LogP contribution in [0.1, 0.15) is 13.8 Å². The van der Waals surface area contributed by atoms with Gasteiger partial charge >= 0.3 is 0 Å². The van der Waals surface area contributed by atoms with Crippen LogP contribution >= 0.6 is 0 Å². The Labute approximate surface area is 96.0 Å². The van der Waals surface area contributed by atoms with E-state index in [4.69, 9.17) is 4.74 Å². The lowest BCUT2D eigenvalue weighted by atomic mass is 10.2. The van der Waals surface area contributed by atoms with Crippen LogP contribution < -0.4 is 10.6 Å². The van der Waals surface area contributed by atoms with Gasteiger partial charge in [0.2, 0.25) is 5.91 Å². The molecule has 1 amide bonds. The Morgan fingerprint density at radius 3 is 2.75 bits per heavy atom. The van der Waals surface area contributed by atoms with Crippen LogP contribution in [0.5, 0.6) is 0 Å². The zero-order valence-corrected chi connectivity index (χ0v) is 9.91. The van der Waals surface area contributed by atoms with Crippen molar-refractivity contribution < 1.29 is 9.53 Å². The molecule has 88 valence electrons. The lowest BCUT2D eigenvalue weighted by Gasteiger charge is -2.12. The van der Waals surface area contributed by atoms with E-state index in [0.717, 1.165) is 17.9 Å². The smallest absolute Gasteiger partial charge is 0.221 e. The first-order valence-corrected chi connectivity index (χ1v) is 5.26. The molecule has 0 radical (unpaired) electrons. The number of hydrogen-bond acceptors (Lipinski definition) is 3. The van der Waals surface area contributed by atoms with Crippen molar-refractivity contribution in [2.24, 2.45) is 0 Å². The lowest BCUT2D eigenvalue weighted by Crippen LogP contribution is -2.18. The van der Waals surface area contributed by atoms with Gasteiger partial charge in [-0.25, -0.2) is 0 Å². The minimum Gasteiger partial charge on any atom is -0.382 e. The predicted octanol–water partition coefficient (Wildman–Crippen LogP) is 2.09. The van der Waals surface area contributed by atoms with Crippen LogP contribution in [0.25, 0.3) is 0 Å². The van der Waals surface area contributed by atoms with Gasteiger partial charge < -0.3 is 15.4 Å². The van der Waals surface area contributed by atoms with Gasteiger partial charge in [0, 0.05) is 32.0 Å². The number of amides is 1. The van der Waals surface area contributed by atoms with Crippen LogP contribution in [0.3, 0.4) is 0 Å². The Kier molecular flexibility index (Phi) is 4.79. The van der Waals surface area contributed by atoms with Crippen LogP contribution in [-0.2, 0) is 9.53 Å². The van der Waals surface area contributed by atoms with E-state index < -0.39 is 0 Å². The van der Waals surface area contributed by atoms with Crippen molar-refractivity contribution in [2.75, 3.05) is 24.3 Å². The van der Waals surface area contributed by atoms with Gasteiger partial charge in [-0.2, -0.15) is 0 Å². The first-order chi connectivity index (χ1) is 7.61. The summed E-state index contributed by atoms with van der Waals surface area (Å²) in [6.45, 7) is 4.22. The quantitative estimate of drug-likeness (QED) is 0.802. The normalized spacial score (nSPS) is 11.9. The Morgan fingerprint density at radius 2 is 2.12 bits per heavy atom. The van der Waals surface area contributed by atoms with E-state index in [0.29, 0.717) is 0 Å². The molecule has 2 N–H and O–H groups in total. The van der Waals surface area contributed by atoms with Gasteiger partial charge in [0.25, 0.3) is 0 Å². The Hall–Kier alpha value is -1.55. The van der Waals surface area contributed by atoms with E-state index in [9.17, 15) is 4.79 Å². The van der Waals surface area contributed by atoms with Gasteiger partial charge in [-0.15, -0.1) is 0 Å². The van der Waals surface area contributed by atoms with Gasteiger partial charge in [-0.05, 0) is 25.1 Å². The van der Waals surface area contributed by atoms with Crippen molar-refractivity contribution in [2.45, 2.75) is 20.0 Å². The van der Waals surface area contributed by atoms with E-state index in [1.54, 1.807) is 7.11 Å². The highest BCUT2D eigenvalue weighted by atomic mass is 16.5. The van der Waals surface area contributed by atoms with Gasteiger partial charge in [0.1, 0.15) is 0 Å². The van der Waals surface area contributed by atoms with E-state index >= 15 is 0 Å². The SMILES string of the molecule is COC(C)CNc1cccc(NC(C)=O)c1. The molecule has 0 fully saturated rings. The molecule has 0 spiro atoms. The number of hydrogen-bond donors (Lipinski definition) is 2. The molecule has 1 atom stereocenters. The first-order valence-electron chi connectivity index (χ1n) is 5.26. The minimum absolute atomic E-state index is 0.0672. The van der Waals surface area contributed by atoms with Gasteiger partial charge in [-0.1, -0.05) is 6.07 Å². The Bertz CT molecular complexity index is 353. The molecular formula is C12H18N2O2. The molecule has 0 saturated heterocycles. The molecule has 1 unspecified atom stereocenters. The third-order valence-corrected chi connectivity index (χ3v) is 2.18. The second-order valence-corrected chi connectivity index (χ2v) is 3.69. The van der Waals surface area contributed by atoms with Gasteiger partial charge in [0.15, 0.2) is 0 Å². The van der Waals surface area contributed by atoms with Crippen LogP contribution in [0.2, 0.25) is 0 Å². The zero-order valence-electron chi connectivity index (χ0n) is 9.91. The van der Waals surface area contributed by atoms with Gasteiger partial charge in [-0.3, -0.25) is 4.79 Å². The standard InChI is InChI=1S/C12H18N2O2/c1-9(16-3)8-13-11-5-4-6-12(7-11)14-10(2)15/h4-7,9,13H,8H2,1-3H3,(H,14,15). The van der Waals surface area contributed by atoms with Crippen molar-refractivity contribution in [3.8, 4) is 0 Å². The summed E-state index contributed by atoms with van der Waals surface area (Å²) in [7, 11) is 1.68. The number of methoxy groups -OCH3 is 1. The molecule has 0 saturated carbocycles. The Balaban J connectivity index is 2.56. The summed E-state index contributed by atoms with van der Waals surface area (Å²) in [5, 5.41) is 5.97. The fourth-order valence-electron chi connectivity index (χ4n) is 1.26. The molecule has 0 aromatic heterocycles. The zero-order chi connectivity index (χ0) is 12.0. The van der Waals surface area contributed by atoms with Crippen molar-refractivity contribution in [1.29, 1.82) is 0 Å². The summed E-state index contributed by atoms with van der Waals surface area (Å²) in [5.74, 6) is -0.0672. The summed E-state index contributed by atoms with van der Waals surface area (Å²) in [4.78, 5) is 10.9. The van der Waals surface area contributed by atoms with Crippen LogP contribution in [0.15, 0.2) is 24.3 Å². The molecule has 4 nitrogen and oxygen atoms in total. The maximum Gasteiger partial charge on any atom is 0.221 e. The molecule has 1 aromatic carbocycles. The molecule has 0 heterocycles. The largest absolute Gasteiger partial charge is 0.382 e. The highest BCUT2D eigenvalue weighted by molar-refractivity contribution is 5.89. The molecule has 4 heteroatoms. The number of carbonyl (C=O) groups is 1. The summed E-state index contributed by atoms with van der Waals surface area (Å²) in [6, 6.07) is 7.59. The summed E-state index contributed by atoms with van der Waals surface area (Å²) >= 11 is 0. The number of ether oxygens (including phenoxy) is 1. The van der Waals surface area contributed by atoms with Crippen LogP contribution in [-0.4, -0.2) is 25.7 Å². The van der Waals surface area contributed by atoms with Crippen molar-refractivity contribution >= 4 is 17.3 Å². The fourth-order valence-corrected chi connectivity index (χ4v) is 1.26. The molecule has 1 rings (SSSR count). The molecule has 0 bridgehead atoms. The summed E-state index contributed by atoms with van der Waals surface area (Å²) < 4.78 is 5.13. The monoisotopic (exact) mass is 222 g/mol. The van der Waals surface area contributed by atoms with E-state index in [2.05, 4.69) is 10.6 Å². The number of rotatable bonds is 5. The highest BCUT2D eigenvalue weighted by Gasteiger charge is 2.00. The predicted molar refractivity (Wildman–Crippen MR) is 65.7 cm³/mol. The van der Waals surface area contributed by atoms with E-state index in [-0.39, 0.29) is 12.0 Å². The van der Waals surface area contributed by atoms with Gasteiger partial charge in [0.05, 0.1) is 6.10 Å². The third-order valence-electron chi connectivity index (χ3n) is 2.18. The highest BCUT2D eigenvalue weighted by Crippen LogP contribution is 2.14. The first kappa shape index (κ1) is 12.5. The molecule has 0 aliphatic rings. The molecule has 0 aliphatic heterocycles. The molecule has 1 aromatic rings. The van der Waals surface area contributed by atoms with E-state index in [1.165, 1.54) is 6.92 Å². The fraction of sp³-hybridized carbons (Fsp3) is 0.417. The van der Waals surface area contributed by atoms with Crippen LogP contribution in [0, 0.1) is 0 Å². The summed E-state index contributed by atoms with van der Waals surface area (Å²) in [5.41, 5.74) is 1.76. The third kappa shape index (κ3) is 4.31. The second kappa shape index (κ2) is 6.12. The maximum absolute atomic E-state index is 10.9. The average molecular weight is 222 g/mol. The Morgan fingerprint density at radius 1 is 1.44 bits per heavy atom. The number of nitrogens with one attached hydrogen (secondary N) is 2. The molecule has 0 aliphatic carbocycles. The second-order valence-electron chi connectivity index (χ2n) is 3.69. The van der Waals surface area contributed by atoms with Crippen LogP contribution in [0.4, 0.5) is 11.4 Å². The number of anilines is 2. The molecular weight excluding hydrogens is 204 g/mol. The summed E-state index contributed by atoms with van der Waals surface area (Å²) in [6.07, 6.45) is 0.157. The number of benzene rings is 1. The van der Waals surface area contributed by atoms with Crippen molar-refractivity contribution in [1.82, 2.24) is 0 Å². The van der Waals surface area contributed by atoms with Crippen molar-refractivity contribution in [3.63, 3.8) is 0 Å². The van der Waals surface area contributed by atoms with Crippen molar-refractivity contribution in [3.05, 3.63) is 24.3 Å². The average Bonchev–Trinajstić information content (AvgIpc) is 2.25. The minimum atomic E-state index is -0.0672. The topological polar surface area (TPSA) is 50.4 Å². The molecule has 16 heavy (non-hydrogen) atoms. The van der Waals surface area contributed by atoms with E-state index in [1.807, 2.05) is 31.2 Å². The maximum atomic E-state index is 10.9.